The highest BCUT2D eigenvalue weighted by molar-refractivity contribution is 5.96. The summed E-state index contributed by atoms with van der Waals surface area (Å²) in [6, 6.07) is 4.75. The SMILES string of the molecule is CC(CO)(NC(=O)c1ccc(NC2CC2)c([N+](=O)[O-])c1)C1CC1. The van der Waals surface area contributed by atoms with Crippen molar-refractivity contribution in [1.29, 1.82) is 0 Å². The summed E-state index contributed by atoms with van der Waals surface area (Å²) in [6.45, 7) is 1.66. The first-order valence-corrected chi connectivity index (χ1v) is 7.91. The number of anilines is 1. The lowest BCUT2D eigenvalue weighted by Crippen LogP contribution is -2.50. The van der Waals surface area contributed by atoms with E-state index in [4.69, 9.17) is 0 Å². The third-order valence-electron chi connectivity index (χ3n) is 4.60. The van der Waals surface area contributed by atoms with Gasteiger partial charge in [-0.3, -0.25) is 14.9 Å². The number of carbonyl (C=O) groups is 1. The van der Waals surface area contributed by atoms with Crippen LogP contribution < -0.4 is 10.6 Å². The van der Waals surface area contributed by atoms with Crippen molar-refractivity contribution in [1.82, 2.24) is 5.32 Å². The van der Waals surface area contributed by atoms with Gasteiger partial charge in [0.1, 0.15) is 5.69 Å². The predicted octanol–water partition coefficient (Wildman–Crippen LogP) is 2.06. The number of nitrogens with one attached hydrogen (secondary N) is 2. The molecule has 1 amide bonds. The lowest BCUT2D eigenvalue weighted by atomic mass is 9.96. The van der Waals surface area contributed by atoms with Gasteiger partial charge in [-0.15, -0.1) is 0 Å². The molecule has 0 aliphatic heterocycles. The molecule has 7 heteroatoms. The molecule has 1 unspecified atom stereocenters. The fourth-order valence-electron chi connectivity index (χ4n) is 2.72. The quantitative estimate of drug-likeness (QED) is 0.527. The Kier molecular flexibility index (Phi) is 3.97. The maximum absolute atomic E-state index is 12.4. The van der Waals surface area contributed by atoms with Crippen LogP contribution in [0.2, 0.25) is 0 Å². The molecule has 0 saturated heterocycles. The zero-order valence-electron chi connectivity index (χ0n) is 13.0. The molecule has 2 aliphatic rings. The zero-order chi connectivity index (χ0) is 16.6. The van der Waals surface area contributed by atoms with Crippen molar-refractivity contribution in [2.75, 3.05) is 11.9 Å². The van der Waals surface area contributed by atoms with Gasteiger partial charge in [-0.2, -0.15) is 0 Å². The van der Waals surface area contributed by atoms with Crippen LogP contribution in [-0.4, -0.2) is 34.1 Å². The number of nitro groups is 1. The lowest BCUT2D eigenvalue weighted by Gasteiger charge is -2.28. The van der Waals surface area contributed by atoms with Crippen molar-refractivity contribution >= 4 is 17.3 Å². The average molecular weight is 319 g/mol. The Morgan fingerprint density at radius 3 is 2.61 bits per heavy atom. The first kappa shape index (κ1) is 15.7. The standard InChI is InChI=1S/C16H21N3O4/c1-16(9-20,11-3-4-11)18-15(21)10-2-7-13(17-12-5-6-12)14(8-10)19(22)23/h2,7-8,11-12,17,20H,3-6,9H2,1H3,(H,18,21). The van der Waals surface area contributed by atoms with Crippen LogP contribution in [0.4, 0.5) is 11.4 Å². The highest BCUT2D eigenvalue weighted by Gasteiger charge is 2.42. The van der Waals surface area contributed by atoms with Gasteiger partial charge in [-0.1, -0.05) is 0 Å². The van der Waals surface area contributed by atoms with E-state index in [9.17, 15) is 20.0 Å². The summed E-state index contributed by atoms with van der Waals surface area (Å²) in [4.78, 5) is 23.2. The van der Waals surface area contributed by atoms with E-state index in [0.29, 0.717) is 11.7 Å². The van der Waals surface area contributed by atoms with Crippen LogP contribution in [-0.2, 0) is 0 Å². The Morgan fingerprint density at radius 2 is 2.09 bits per heavy atom. The Bertz CT molecular complexity index is 640. The smallest absolute Gasteiger partial charge is 0.293 e. The largest absolute Gasteiger partial charge is 0.394 e. The molecule has 0 radical (unpaired) electrons. The van der Waals surface area contributed by atoms with Crippen molar-refractivity contribution in [2.24, 2.45) is 5.92 Å². The molecule has 3 rings (SSSR count). The van der Waals surface area contributed by atoms with Crippen LogP contribution in [0.25, 0.3) is 0 Å². The highest BCUT2D eigenvalue weighted by Crippen LogP contribution is 2.39. The van der Waals surface area contributed by atoms with Crippen LogP contribution in [0.3, 0.4) is 0 Å². The van der Waals surface area contributed by atoms with Gasteiger partial charge < -0.3 is 15.7 Å². The van der Waals surface area contributed by atoms with Gasteiger partial charge in [0.05, 0.1) is 17.1 Å². The summed E-state index contributed by atoms with van der Waals surface area (Å²) in [5.74, 6) is -0.128. The second-order valence-corrected chi connectivity index (χ2v) is 6.71. The van der Waals surface area contributed by atoms with Gasteiger partial charge in [0.2, 0.25) is 0 Å². The Hall–Kier alpha value is -2.15. The van der Waals surface area contributed by atoms with Crippen LogP contribution in [0.1, 0.15) is 43.0 Å². The highest BCUT2D eigenvalue weighted by atomic mass is 16.6. The normalized spacial score (nSPS) is 19.7. The summed E-state index contributed by atoms with van der Waals surface area (Å²) in [5, 5.41) is 26.7. The number of aliphatic hydroxyl groups is 1. The minimum atomic E-state index is -0.670. The van der Waals surface area contributed by atoms with Crippen LogP contribution in [0.15, 0.2) is 18.2 Å². The van der Waals surface area contributed by atoms with Crippen molar-refractivity contribution in [2.45, 2.75) is 44.2 Å². The van der Waals surface area contributed by atoms with E-state index in [1.807, 2.05) is 0 Å². The van der Waals surface area contributed by atoms with Crippen LogP contribution in [0, 0.1) is 16.0 Å². The minimum Gasteiger partial charge on any atom is -0.394 e. The Balaban J connectivity index is 1.79. The van der Waals surface area contributed by atoms with E-state index < -0.39 is 16.4 Å². The molecule has 124 valence electrons. The van der Waals surface area contributed by atoms with E-state index in [1.165, 1.54) is 6.07 Å². The number of amides is 1. The van der Waals surface area contributed by atoms with E-state index in [2.05, 4.69) is 10.6 Å². The van der Waals surface area contributed by atoms with E-state index in [1.54, 1.807) is 19.1 Å². The molecule has 1 atom stereocenters. The molecular formula is C16H21N3O4. The van der Waals surface area contributed by atoms with Gasteiger partial charge in [0.15, 0.2) is 0 Å². The number of rotatable bonds is 7. The molecule has 1 aromatic rings. The number of nitro benzene ring substituents is 1. The number of carbonyl (C=O) groups excluding carboxylic acids is 1. The fourth-order valence-corrected chi connectivity index (χ4v) is 2.72. The first-order valence-electron chi connectivity index (χ1n) is 7.91. The van der Waals surface area contributed by atoms with Gasteiger partial charge in [0, 0.05) is 17.7 Å². The number of hydrogen-bond donors (Lipinski definition) is 3. The minimum absolute atomic E-state index is 0.0957. The maximum atomic E-state index is 12.4. The summed E-state index contributed by atoms with van der Waals surface area (Å²) in [6.07, 6.45) is 3.97. The van der Waals surface area contributed by atoms with Crippen molar-refractivity contribution in [3.8, 4) is 0 Å². The van der Waals surface area contributed by atoms with Gasteiger partial charge in [0.25, 0.3) is 11.6 Å². The molecule has 2 fully saturated rings. The number of nitrogens with zero attached hydrogens (tertiary/aromatic N) is 1. The molecule has 3 N–H and O–H groups in total. The van der Waals surface area contributed by atoms with Crippen molar-refractivity contribution in [3.63, 3.8) is 0 Å². The molecule has 0 heterocycles. The molecule has 1 aromatic carbocycles. The van der Waals surface area contributed by atoms with E-state index in [-0.39, 0.29) is 23.8 Å². The number of benzene rings is 1. The number of aliphatic hydroxyl groups excluding tert-OH is 1. The van der Waals surface area contributed by atoms with Gasteiger partial charge in [-0.25, -0.2) is 0 Å². The number of hydrogen-bond acceptors (Lipinski definition) is 5. The fraction of sp³-hybridized carbons (Fsp3) is 0.562. The maximum Gasteiger partial charge on any atom is 0.293 e. The predicted molar refractivity (Wildman–Crippen MR) is 85.4 cm³/mol. The Morgan fingerprint density at radius 1 is 1.39 bits per heavy atom. The first-order chi connectivity index (χ1) is 10.9. The van der Waals surface area contributed by atoms with Crippen LogP contribution >= 0.6 is 0 Å². The van der Waals surface area contributed by atoms with E-state index >= 15 is 0 Å². The van der Waals surface area contributed by atoms with Crippen LogP contribution in [0.5, 0.6) is 0 Å². The summed E-state index contributed by atoms with van der Waals surface area (Å²) in [7, 11) is 0. The van der Waals surface area contributed by atoms with Crippen molar-refractivity contribution in [3.05, 3.63) is 33.9 Å². The third kappa shape index (κ3) is 3.44. The second-order valence-electron chi connectivity index (χ2n) is 6.71. The summed E-state index contributed by atoms with van der Waals surface area (Å²) < 4.78 is 0. The molecule has 7 nitrogen and oxygen atoms in total. The van der Waals surface area contributed by atoms with Gasteiger partial charge in [-0.05, 0) is 50.7 Å². The molecule has 23 heavy (non-hydrogen) atoms. The van der Waals surface area contributed by atoms with Crippen molar-refractivity contribution < 1.29 is 14.8 Å². The molecule has 0 aromatic heterocycles. The molecule has 0 bridgehead atoms. The zero-order valence-corrected chi connectivity index (χ0v) is 13.0. The summed E-state index contributed by atoms with van der Waals surface area (Å²) in [5.41, 5.74) is -0.0854. The Labute approximate surface area is 134 Å². The second kappa shape index (κ2) is 5.81. The molecule has 0 spiro atoms. The molecule has 2 saturated carbocycles. The monoisotopic (exact) mass is 319 g/mol. The lowest BCUT2D eigenvalue weighted by molar-refractivity contribution is -0.384. The average Bonchev–Trinajstić information content (AvgIpc) is 3.39. The third-order valence-corrected chi connectivity index (χ3v) is 4.60. The molecular weight excluding hydrogens is 298 g/mol. The van der Waals surface area contributed by atoms with Gasteiger partial charge >= 0.3 is 0 Å². The van der Waals surface area contributed by atoms with E-state index in [0.717, 1.165) is 25.7 Å². The summed E-state index contributed by atoms with van der Waals surface area (Å²) >= 11 is 0. The molecule has 2 aliphatic carbocycles. The topological polar surface area (TPSA) is 104 Å².